The second-order valence-corrected chi connectivity index (χ2v) is 4.18. The minimum Gasteiger partial charge on any atom is -0.465 e. The Balaban J connectivity index is 2.26. The fourth-order valence-corrected chi connectivity index (χ4v) is 2.01. The van der Waals surface area contributed by atoms with Gasteiger partial charge in [0.2, 0.25) is 0 Å². The molecule has 1 heterocycles. The summed E-state index contributed by atoms with van der Waals surface area (Å²) >= 11 is 0. The van der Waals surface area contributed by atoms with Crippen LogP contribution in [0.3, 0.4) is 0 Å². The molecule has 0 aromatic carbocycles. The van der Waals surface area contributed by atoms with E-state index in [1.165, 1.54) is 12.8 Å². The largest absolute Gasteiger partial charge is 0.465 e. The summed E-state index contributed by atoms with van der Waals surface area (Å²) in [4.78, 5) is 13.6. The van der Waals surface area contributed by atoms with Crippen LogP contribution >= 0.6 is 0 Å². The van der Waals surface area contributed by atoms with Crippen LogP contribution in [0.25, 0.3) is 0 Å². The normalized spacial score (nSPS) is 24.1. The lowest BCUT2D eigenvalue weighted by Gasteiger charge is -2.19. The monoisotopic (exact) mass is 214 g/mol. The summed E-state index contributed by atoms with van der Waals surface area (Å²) in [5, 5.41) is 0. The van der Waals surface area contributed by atoms with Crippen LogP contribution in [0.2, 0.25) is 0 Å². The van der Waals surface area contributed by atoms with E-state index in [0.717, 1.165) is 19.0 Å². The topological polar surface area (TPSA) is 55.6 Å². The summed E-state index contributed by atoms with van der Waals surface area (Å²) in [6.45, 7) is 7.18. The molecule has 0 aliphatic carbocycles. The zero-order valence-corrected chi connectivity index (χ0v) is 9.74. The molecule has 0 aromatic rings. The van der Waals surface area contributed by atoms with Crippen molar-refractivity contribution in [2.24, 2.45) is 11.7 Å². The number of hydrogen-bond acceptors (Lipinski definition) is 4. The van der Waals surface area contributed by atoms with Crippen LogP contribution in [-0.4, -0.2) is 43.2 Å². The van der Waals surface area contributed by atoms with Gasteiger partial charge in [-0.15, -0.1) is 0 Å². The Kier molecular flexibility index (Phi) is 5.05. The Hall–Kier alpha value is -0.610. The van der Waals surface area contributed by atoms with Crippen molar-refractivity contribution in [1.29, 1.82) is 0 Å². The molecular weight excluding hydrogens is 192 g/mol. The van der Waals surface area contributed by atoms with Gasteiger partial charge in [-0.05, 0) is 25.8 Å². The third-order valence-electron chi connectivity index (χ3n) is 2.99. The highest BCUT2D eigenvalue weighted by Gasteiger charge is 2.25. The standard InChI is InChI=1S/C11H22N2O2/c1-3-9-5-6-13(7-9)8-10(12)11(14)15-4-2/h9-10H,3-8,12H2,1-2H3. The first-order valence-corrected chi connectivity index (χ1v) is 5.81. The number of nitrogens with zero attached hydrogens (tertiary/aromatic N) is 1. The highest BCUT2D eigenvalue weighted by molar-refractivity contribution is 5.75. The second kappa shape index (κ2) is 6.08. The van der Waals surface area contributed by atoms with E-state index in [-0.39, 0.29) is 5.97 Å². The van der Waals surface area contributed by atoms with Gasteiger partial charge in [0.05, 0.1) is 6.61 Å². The molecule has 2 unspecified atom stereocenters. The van der Waals surface area contributed by atoms with Crippen molar-refractivity contribution in [3.63, 3.8) is 0 Å². The van der Waals surface area contributed by atoms with E-state index >= 15 is 0 Å². The van der Waals surface area contributed by atoms with Crippen LogP contribution in [-0.2, 0) is 9.53 Å². The van der Waals surface area contributed by atoms with Gasteiger partial charge in [-0.2, -0.15) is 0 Å². The third-order valence-corrected chi connectivity index (χ3v) is 2.99. The van der Waals surface area contributed by atoms with Gasteiger partial charge in [0.25, 0.3) is 0 Å². The predicted molar refractivity (Wildman–Crippen MR) is 59.4 cm³/mol. The molecule has 1 saturated heterocycles. The molecule has 2 atom stereocenters. The van der Waals surface area contributed by atoms with Gasteiger partial charge in [0.15, 0.2) is 0 Å². The van der Waals surface area contributed by atoms with Crippen molar-refractivity contribution in [2.45, 2.75) is 32.7 Å². The van der Waals surface area contributed by atoms with Gasteiger partial charge in [0.1, 0.15) is 6.04 Å². The van der Waals surface area contributed by atoms with E-state index in [4.69, 9.17) is 10.5 Å². The number of nitrogens with two attached hydrogens (primary N) is 1. The summed E-state index contributed by atoms with van der Waals surface area (Å²) in [6.07, 6.45) is 2.44. The molecule has 4 heteroatoms. The molecule has 15 heavy (non-hydrogen) atoms. The molecular formula is C11H22N2O2. The number of likely N-dealkylation sites (tertiary alicyclic amines) is 1. The molecule has 0 aromatic heterocycles. The lowest BCUT2D eigenvalue weighted by atomic mass is 10.1. The zero-order valence-electron chi connectivity index (χ0n) is 9.74. The minimum atomic E-state index is -0.486. The van der Waals surface area contributed by atoms with Crippen molar-refractivity contribution >= 4 is 5.97 Å². The number of ether oxygens (including phenoxy) is 1. The van der Waals surface area contributed by atoms with Crippen LogP contribution in [0.5, 0.6) is 0 Å². The number of carbonyl (C=O) groups excluding carboxylic acids is 1. The summed E-state index contributed by atoms with van der Waals surface area (Å²) < 4.78 is 4.88. The quantitative estimate of drug-likeness (QED) is 0.681. The highest BCUT2D eigenvalue weighted by atomic mass is 16.5. The van der Waals surface area contributed by atoms with E-state index < -0.39 is 6.04 Å². The Labute approximate surface area is 91.8 Å². The highest BCUT2D eigenvalue weighted by Crippen LogP contribution is 2.18. The Morgan fingerprint density at radius 3 is 2.87 bits per heavy atom. The number of carbonyl (C=O) groups is 1. The molecule has 4 nitrogen and oxygen atoms in total. The van der Waals surface area contributed by atoms with Gasteiger partial charge >= 0.3 is 5.97 Å². The molecule has 1 fully saturated rings. The summed E-state index contributed by atoms with van der Waals surface area (Å²) in [5.41, 5.74) is 5.75. The molecule has 1 rings (SSSR count). The lowest BCUT2D eigenvalue weighted by molar-refractivity contribution is -0.145. The summed E-state index contributed by atoms with van der Waals surface area (Å²) in [6, 6.07) is -0.486. The Morgan fingerprint density at radius 1 is 1.60 bits per heavy atom. The number of esters is 1. The maximum atomic E-state index is 11.3. The molecule has 0 saturated carbocycles. The van der Waals surface area contributed by atoms with Gasteiger partial charge in [-0.25, -0.2) is 0 Å². The van der Waals surface area contributed by atoms with Gasteiger partial charge in [0, 0.05) is 13.1 Å². The molecule has 1 aliphatic rings. The third kappa shape index (κ3) is 3.80. The van der Waals surface area contributed by atoms with Crippen molar-refractivity contribution < 1.29 is 9.53 Å². The molecule has 0 radical (unpaired) electrons. The Bertz CT molecular complexity index is 209. The maximum absolute atomic E-state index is 11.3. The molecule has 0 bridgehead atoms. The van der Waals surface area contributed by atoms with E-state index in [1.807, 2.05) is 0 Å². The molecule has 2 N–H and O–H groups in total. The smallest absolute Gasteiger partial charge is 0.324 e. The SMILES string of the molecule is CCOC(=O)C(N)CN1CCC(CC)C1. The van der Waals surface area contributed by atoms with Gasteiger partial charge in [-0.1, -0.05) is 13.3 Å². The van der Waals surface area contributed by atoms with Crippen LogP contribution in [0.4, 0.5) is 0 Å². The first-order chi connectivity index (χ1) is 7.17. The van der Waals surface area contributed by atoms with Crippen molar-refractivity contribution in [1.82, 2.24) is 4.90 Å². The van der Waals surface area contributed by atoms with Crippen molar-refractivity contribution in [2.75, 3.05) is 26.2 Å². The van der Waals surface area contributed by atoms with Crippen molar-refractivity contribution in [3.05, 3.63) is 0 Å². The van der Waals surface area contributed by atoms with Crippen LogP contribution in [0.1, 0.15) is 26.7 Å². The van der Waals surface area contributed by atoms with E-state index in [1.54, 1.807) is 6.92 Å². The molecule has 88 valence electrons. The first kappa shape index (κ1) is 12.5. The average Bonchev–Trinajstić information content (AvgIpc) is 2.66. The predicted octanol–water partition coefficient (Wildman–Crippen LogP) is 0.609. The van der Waals surface area contributed by atoms with Gasteiger partial charge in [-0.3, -0.25) is 4.79 Å². The fourth-order valence-electron chi connectivity index (χ4n) is 2.01. The zero-order chi connectivity index (χ0) is 11.3. The molecule has 1 aliphatic heterocycles. The summed E-state index contributed by atoms with van der Waals surface area (Å²) in [7, 11) is 0. The van der Waals surface area contributed by atoms with E-state index in [2.05, 4.69) is 11.8 Å². The Morgan fingerprint density at radius 2 is 2.33 bits per heavy atom. The maximum Gasteiger partial charge on any atom is 0.324 e. The number of rotatable bonds is 5. The number of hydrogen-bond donors (Lipinski definition) is 1. The van der Waals surface area contributed by atoms with E-state index in [9.17, 15) is 4.79 Å². The van der Waals surface area contributed by atoms with Crippen LogP contribution in [0, 0.1) is 5.92 Å². The molecule has 0 amide bonds. The van der Waals surface area contributed by atoms with Crippen LogP contribution < -0.4 is 5.73 Å². The average molecular weight is 214 g/mol. The lowest BCUT2D eigenvalue weighted by Crippen LogP contribution is -2.42. The van der Waals surface area contributed by atoms with Crippen molar-refractivity contribution in [3.8, 4) is 0 Å². The molecule has 0 spiro atoms. The fraction of sp³-hybridized carbons (Fsp3) is 0.909. The van der Waals surface area contributed by atoms with E-state index in [0.29, 0.717) is 13.2 Å². The second-order valence-electron chi connectivity index (χ2n) is 4.18. The first-order valence-electron chi connectivity index (χ1n) is 5.81. The summed E-state index contributed by atoms with van der Waals surface area (Å²) in [5.74, 6) is 0.497. The van der Waals surface area contributed by atoms with Gasteiger partial charge < -0.3 is 15.4 Å². The minimum absolute atomic E-state index is 0.280. The van der Waals surface area contributed by atoms with Crippen LogP contribution in [0.15, 0.2) is 0 Å².